The Morgan fingerprint density at radius 2 is 1.82 bits per heavy atom. The van der Waals surface area contributed by atoms with Crippen LogP contribution in [0.15, 0.2) is 12.1 Å². The summed E-state index contributed by atoms with van der Waals surface area (Å²) in [6.07, 6.45) is 3.54. The van der Waals surface area contributed by atoms with E-state index in [4.69, 9.17) is 9.47 Å². The highest BCUT2D eigenvalue weighted by Gasteiger charge is 2.13. The standard InChI is InChI=1S/C14H21NO2/c1-11-9-13-14(17-8-7-16-13)10-12(11)5-3-4-6-15-2/h9-10,15H,3-8H2,1-2H3. The lowest BCUT2D eigenvalue weighted by molar-refractivity contribution is 0.171. The SMILES string of the molecule is CNCCCCc1cc2c(cc1C)OCCO2. The van der Waals surface area contributed by atoms with Crippen molar-refractivity contribution in [3.63, 3.8) is 0 Å². The lowest BCUT2D eigenvalue weighted by Gasteiger charge is -2.20. The third-order valence-electron chi connectivity index (χ3n) is 3.12. The summed E-state index contributed by atoms with van der Waals surface area (Å²) in [6, 6.07) is 4.24. The Labute approximate surface area is 103 Å². The van der Waals surface area contributed by atoms with Gasteiger partial charge in [0, 0.05) is 0 Å². The number of hydrogen-bond acceptors (Lipinski definition) is 3. The molecule has 1 aromatic carbocycles. The summed E-state index contributed by atoms with van der Waals surface area (Å²) in [5.41, 5.74) is 2.68. The second-order valence-electron chi connectivity index (χ2n) is 4.48. The molecule has 0 aliphatic carbocycles. The molecule has 3 nitrogen and oxygen atoms in total. The normalized spacial score (nSPS) is 13.8. The maximum Gasteiger partial charge on any atom is 0.161 e. The Morgan fingerprint density at radius 3 is 2.53 bits per heavy atom. The molecule has 0 spiro atoms. The minimum atomic E-state index is 0.661. The number of ether oxygens (including phenoxy) is 2. The molecule has 0 bridgehead atoms. The van der Waals surface area contributed by atoms with E-state index in [-0.39, 0.29) is 0 Å². The van der Waals surface area contributed by atoms with E-state index in [9.17, 15) is 0 Å². The highest BCUT2D eigenvalue weighted by Crippen LogP contribution is 2.33. The first-order chi connectivity index (χ1) is 8.31. The molecule has 0 radical (unpaired) electrons. The van der Waals surface area contributed by atoms with Gasteiger partial charge in [0.1, 0.15) is 13.2 Å². The van der Waals surface area contributed by atoms with E-state index in [2.05, 4.69) is 24.4 Å². The zero-order valence-electron chi connectivity index (χ0n) is 10.7. The average Bonchev–Trinajstić information content (AvgIpc) is 2.35. The van der Waals surface area contributed by atoms with Crippen molar-refractivity contribution in [3.05, 3.63) is 23.3 Å². The molecule has 0 atom stereocenters. The number of rotatable bonds is 5. The van der Waals surface area contributed by atoms with Gasteiger partial charge in [-0.15, -0.1) is 0 Å². The second-order valence-corrected chi connectivity index (χ2v) is 4.48. The van der Waals surface area contributed by atoms with Crippen molar-refractivity contribution in [1.29, 1.82) is 0 Å². The molecular formula is C14H21NO2. The van der Waals surface area contributed by atoms with E-state index in [1.165, 1.54) is 24.0 Å². The van der Waals surface area contributed by atoms with Gasteiger partial charge < -0.3 is 14.8 Å². The summed E-state index contributed by atoms with van der Waals surface area (Å²) in [5, 5.41) is 3.17. The molecule has 0 unspecified atom stereocenters. The van der Waals surface area contributed by atoms with Crippen LogP contribution >= 0.6 is 0 Å². The molecule has 2 rings (SSSR count). The quantitative estimate of drug-likeness (QED) is 0.794. The Morgan fingerprint density at radius 1 is 1.12 bits per heavy atom. The van der Waals surface area contributed by atoms with Gasteiger partial charge in [0.15, 0.2) is 11.5 Å². The molecule has 1 aromatic rings. The molecule has 0 fully saturated rings. The summed E-state index contributed by atoms with van der Waals surface area (Å²) in [4.78, 5) is 0. The number of nitrogens with one attached hydrogen (secondary N) is 1. The molecule has 1 heterocycles. The van der Waals surface area contributed by atoms with Crippen molar-refractivity contribution in [2.45, 2.75) is 26.2 Å². The van der Waals surface area contributed by atoms with E-state index in [1.807, 2.05) is 7.05 Å². The largest absolute Gasteiger partial charge is 0.486 e. The zero-order valence-corrected chi connectivity index (χ0v) is 10.7. The maximum absolute atomic E-state index is 5.61. The second kappa shape index (κ2) is 5.92. The maximum atomic E-state index is 5.61. The number of benzene rings is 1. The number of aryl methyl sites for hydroxylation is 2. The highest BCUT2D eigenvalue weighted by atomic mass is 16.6. The van der Waals surface area contributed by atoms with Crippen LogP contribution in [-0.4, -0.2) is 26.8 Å². The first-order valence-corrected chi connectivity index (χ1v) is 6.35. The molecule has 1 aliphatic rings. The molecular weight excluding hydrogens is 214 g/mol. The Bertz CT molecular complexity index is 377. The fraction of sp³-hybridized carbons (Fsp3) is 0.571. The minimum Gasteiger partial charge on any atom is -0.486 e. The van der Waals surface area contributed by atoms with Crippen LogP contribution in [0.1, 0.15) is 24.0 Å². The van der Waals surface area contributed by atoms with Gasteiger partial charge in [-0.25, -0.2) is 0 Å². The fourth-order valence-corrected chi connectivity index (χ4v) is 2.12. The first kappa shape index (κ1) is 12.2. The van der Waals surface area contributed by atoms with Crippen LogP contribution < -0.4 is 14.8 Å². The van der Waals surface area contributed by atoms with Gasteiger partial charge >= 0.3 is 0 Å². The lowest BCUT2D eigenvalue weighted by atomic mass is 10.0. The predicted octanol–water partition coefficient (Wildman–Crippen LogP) is 2.31. The van der Waals surface area contributed by atoms with E-state index < -0.39 is 0 Å². The Kier molecular flexibility index (Phi) is 4.26. The topological polar surface area (TPSA) is 30.5 Å². The van der Waals surface area contributed by atoms with Crippen LogP contribution in [0.3, 0.4) is 0 Å². The fourth-order valence-electron chi connectivity index (χ4n) is 2.12. The lowest BCUT2D eigenvalue weighted by Crippen LogP contribution is -2.15. The molecule has 94 valence electrons. The molecule has 1 N–H and O–H groups in total. The van der Waals surface area contributed by atoms with Gasteiger partial charge in [-0.05, 0) is 63.0 Å². The molecule has 0 amide bonds. The Hall–Kier alpha value is -1.22. The van der Waals surface area contributed by atoms with Gasteiger partial charge in [-0.3, -0.25) is 0 Å². The van der Waals surface area contributed by atoms with E-state index in [0.717, 1.165) is 24.5 Å². The predicted molar refractivity (Wildman–Crippen MR) is 69.0 cm³/mol. The van der Waals surface area contributed by atoms with Crippen molar-refractivity contribution in [3.8, 4) is 11.5 Å². The number of hydrogen-bond donors (Lipinski definition) is 1. The monoisotopic (exact) mass is 235 g/mol. The van der Waals surface area contributed by atoms with E-state index >= 15 is 0 Å². The van der Waals surface area contributed by atoms with Gasteiger partial charge in [0.25, 0.3) is 0 Å². The summed E-state index contributed by atoms with van der Waals surface area (Å²) in [5.74, 6) is 1.80. The van der Waals surface area contributed by atoms with Crippen molar-refractivity contribution >= 4 is 0 Å². The number of unbranched alkanes of at least 4 members (excludes halogenated alkanes) is 1. The van der Waals surface area contributed by atoms with Crippen molar-refractivity contribution in [2.24, 2.45) is 0 Å². The molecule has 0 aromatic heterocycles. The first-order valence-electron chi connectivity index (χ1n) is 6.35. The van der Waals surface area contributed by atoms with Crippen LogP contribution in [0.4, 0.5) is 0 Å². The van der Waals surface area contributed by atoms with Gasteiger partial charge in [0.2, 0.25) is 0 Å². The van der Waals surface area contributed by atoms with Crippen molar-refractivity contribution < 1.29 is 9.47 Å². The van der Waals surface area contributed by atoms with Crippen LogP contribution in [-0.2, 0) is 6.42 Å². The molecule has 1 aliphatic heterocycles. The number of fused-ring (bicyclic) bond motifs is 1. The summed E-state index contributed by atoms with van der Waals surface area (Å²) in [7, 11) is 2.00. The summed E-state index contributed by atoms with van der Waals surface area (Å²) < 4.78 is 11.2. The smallest absolute Gasteiger partial charge is 0.161 e. The molecule has 3 heteroatoms. The van der Waals surface area contributed by atoms with Crippen molar-refractivity contribution in [2.75, 3.05) is 26.8 Å². The van der Waals surface area contributed by atoms with Crippen molar-refractivity contribution in [1.82, 2.24) is 5.32 Å². The van der Waals surface area contributed by atoms with Crippen LogP contribution in [0, 0.1) is 6.92 Å². The zero-order chi connectivity index (χ0) is 12.1. The van der Waals surface area contributed by atoms with Crippen LogP contribution in [0.25, 0.3) is 0 Å². The van der Waals surface area contributed by atoms with Gasteiger partial charge in [-0.1, -0.05) is 0 Å². The summed E-state index contributed by atoms with van der Waals surface area (Å²) >= 11 is 0. The molecule has 0 saturated heterocycles. The van der Waals surface area contributed by atoms with Crippen LogP contribution in [0.5, 0.6) is 11.5 Å². The summed E-state index contributed by atoms with van der Waals surface area (Å²) in [6.45, 7) is 4.55. The molecule has 17 heavy (non-hydrogen) atoms. The van der Waals surface area contributed by atoms with Gasteiger partial charge in [-0.2, -0.15) is 0 Å². The van der Waals surface area contributed by atoms with E-state index in [0.29, 0.717) is 13.2 Å². The average molecular weight is 235 g/mol. The highest BCUT2D eigenvalue weighted by molar-refractivity contribution is 5.47. The third kappa shape index (κ3) is 3.13. The van der Waals surface area contributed by atoms with E-state index in [1.54, 1.807) is 0 Å². The molecule has 0 saturated carbocycles. The minimum absolute atomic E-state index is 0.661. The third-order valence-corrected chi connectivity index (χ3v) is 3.12. The van der Waals surface area contributed by atoms with Gasteiger partial charge in [0.05, 0.1) is 0 Å². The van der Waals surface area contributed by atoms with Crippen LogP contribution in [0.2, 0.25) is 0 Å². The Balaban J connectivity index is 2.01.